The van der Waals surface area contributed by atoms with E-state index in [1.165, 1.54) is 0 Å². The summed E-state index contributed by atoms with van der Waals surface area (Å²) in [5.41, 5.74) is 7.68. The lowest BCUT2D eigenvalue weighted by molar-refractivity contribution is -0.120. The van der Waals surface area contributed by atoms with E-state index < -0.39 is 0 Å². The minimum absolute atomic E-state index is 0.122. The van der Waals surface area contributed by atoms with E-state index in [9.17, 15) is 4.79 Å². The summed E-state index contributed by atoms with van der Waals surface area (Å²) in [5, 5.41) is 3.50. The van der Waals surface area contributed by atoms with Crippen molar-refractivity contribution in [3.05, 3.63) is 28.8 Å². The summed E-state index contributed by atoms with van der Waals surface area (Å²) in [6.07, 6.45) is 0.549. The van der Waals surface area contributed by atoms with Crippen molar-refractivity contribution < 1.29 is 4.79 Å². The predicted octanol–water partition coefficient (Wildman–Crippen LogP) is 1.24. The van der Waals surface area contributed by atoms with Gasteiger partial charge in [0, 0.05) is 43.3 Å². The molecule has 4 nitrogen and oxygen atoms in total. The van der Waals surface area contributed by atoms with Gasteiger partial charge in [0.15, 0.2) is 0 Å². The Balaban J connectivity index is 2.02. The second-order valence-corrected chi connectivity index (χ2v) is 4.66. The number of carbonyl (C=O) groups excluding carboxylic acids is 1. The molecule has 0 saturated carbocycles. The van der Waals surface area contributed by atoms with Crippen molar-refractivity contribution in [2.75, 3.05) is 25.4 Å². The summed E-state index contributed by atoms with van der Waals surface area (Å²) in [6, 6.07) is 5.55. The van der Waals surface area contributed by atoms with Crippen molar-refractivity contribution in [1.29, 1.82) is 0 Å². The normalized spacial score (nSPS) is 17.6. The molecule has 0 radical (unpaired) electrons. The summed E-state index contributed by atoms with van der Waals surface area (Å²) in [7, 11) is 0. The summed E-state index contributed by atoms with van der Waals surface area (Å²) in [5.74, 6) is 0.122. The summed E-state index contributed by atoms with van der Waals surface area (Å²) < 4.78 is 0. The van der Waals surface area contributed by atoms with Crippen LogP contribution in [0.3, 0.4) is 0 Å². The van der Waals surface area contributed by atoms with Crippen LogP contribution in [0.25, 0.3) is 0 Å². The minimum Gasteiger partial charge on any atom is -0.398 e. The Morgan fingerprint density at radius 1 is 1.41 bits per heavy atom. The highest BCUT2D eigenvalue weighted by molar-refractivity contribution is 6.30. The third-order valence-electron chi connectivity index (χ3n) is 2.91. The molecule has 0 unspecified atom stereocenters. The van der Waals surface area contributed by atoms with Crippen LogP contribution in [-0.2, 0) is 11.3 Å². The van der Waals surface area contributed by atoms with Gasteiger partial charge in [-0.2, -0.15) is 0 Å². The molecule has 17 heavy (non-hydrogen) atoms. The second-order valence-electron chi connectivity index (χ2n) is 4.22. The van der Waals surface area contributed by atoms with Gasteiger partial charge in [-0.15, -0.1) is 0 Å². The molecule has 1 saturated heterocycles. The summed E-state index contributed by atoms with van der Waals surface area (Å²) in [4.78, 5) is 13.4. The topological polar surface area (TPSA) is 58.4 Å². The lowest BCUT2D eigenvalue weighted by Crippen LogP contribution is -2.28. The van der Waals surface area contributed by atoms with Crippen LogP contribution in [0.5, 0.6) is 0 Å². The van der Waals surface area contributed by atoms with Crippen molar-refractivity contribution in [1.82, 2.24) is 10.2 Å². The zero-order chi connectivity index (χ0) is 12.3. The van der Waals surface area contributed by atoms with Gasteiger partial charge in [-0.3, -0.25) is 9.69 Å². The number of nitrogens with one attached hydrogen (secondary N) is 1. The Morgan fingerprint density at radius 3 is 3.00 bits per heavy atom. The maximum atomic E-state index is 11.2. The van der Waals surface area contributed by atoms with Crippen LogP contribution in [0.4, 0.5) is 5.69 Å². The van der Waals surface area contributed by atoms with Crippen molar-refractivity contribution >= 4 is 23.2 Å². The number of amides is 1. The standard InChI is InChI=1S/C12H16ClN3O/c13-10-2-1-9(11(14)7-10)8-16-5-3-12(17)15-4-6-16/h1-2,7H,3-6,8,14H2,(H,15,17). The SMILES string of the molecule is Nc1cc(Cl)ccc1CN1CCNC(=O)CC1. The maximum absolute atomic E-state index is 11.2. The minimum atomic E-state index is 0.122. The van der Waals surface area contributed by atoms with Gasteiger partial charge in [-0.25, -0.2) is 0 Å². The highest BCUT2D eigenvalue weighted by Crippen LogP contribution is 2.19. The van der Waals surface area contributed by atoms with Crippen LogP contribution in [0.2, 0.25) is 5.02 Å². The third kappa shape index (κ3) is 3.35. The zero-order valence-electron chi connectivity index (χ0n) is 9.58. The van der Waals surface area contributed by atoms with Gasteiger partial charge >= 0.3 is 0 Å². The van der Waals surface area contributed by atoms with Crippen molar-refractivity contribution in [2.24, 2.45) is 0 Å². The molecule has 0 spiro atoms. The fourth-order valence-electron chi connectivity index (χ4n) is 1.92. The highest BCUT2D eigenvalue weighted by Gasteiger charge is 2.14. The third-order valence-corrected chi connectivity index (χ3v) is 3.14. The van der Waals surface area contributed by atoms with Crippen LogP contribution < -0.4 is 11.1 Å². The van der Waals surface area contributed by atoms with Crippen molar-refractivity contribution in [3.8, 4) is 0 Å². The Labute approximate surface area is 106 Å². The first-order chi connectivity index (χ1) is 8.15. The molecule has 5 heteroatoms. The number of hydrogen-bond donors (Lipinski definition) is 2. The number of carbonyl (C=O) groups is 1. The van der Waals surface area contributed by atoms with Crippen LogP contribution in [-0.4, -0.2) is 30.4 Å². The number of anilines is 1. The molecule has 92 valence electrons. The molecule has 1 aliphatic rings. The van der Waals surface area contributed by atoms with E-state index in [4.69, 9.17) is 17.3 Å². The van der Waals surface area contributed by atoms with E-state index in [0.717, 1.165) is 25.2 Å². The number of nitrogens with zero attached hydrogens (tertiary/aromatic N) is 1. The van der Waals surface area contributed by atoms with Crippen LogP contribution in [0.1, 0.15) is 12.0 Å². The lowest BCUT2D eigenvalue weighted by Gasteiger charge is -2.19. The van der Waals surface area contributed by atoms with Gasteiger partial charge in [0.1, 0.15) is 0 Å². The fourth-order valence-corrected chi connectivity index (χ4v) is 2.10. The van der Waals surface area contributed by atoms with Gasteiger partial charge in [-0.1, -0.05) is 17.7 Å². The Morgan fingerprint density at radius 2 is 2.24 bits per heavy atom. The van der Waals surface area contributed by atoms with Crippen LogP contribution >= 0.6 is 11.6 Å². The molecule has 3 N–H and O–H groups in total. The number of rotatable bonds is 2. The number of hydrogen-bond acceptors (Lipinski definition) is 3. The smallest absolute Gasteiger partial charge is 0.221 e. The zero-order valence-corrected chi connectivity index (χ0v) is 10.3. The lowest BCUT2D eigenvalue weighted by atomic mass is 10.1. The average molecular weight is 254 g/mol. The molecule has 0 bridgehead atoms. The Bertz CT molecular complexity index is 422. The quantitative estimate of drug-likeness (QED) is 0.780. The first-order valence-corrected chi connectivity index (χ1v) is 6.06. The average Bonchev–Trinajstić information content (AvgIpc) is 2.48. The summed E-state index contributed by atoms with van der Waals surface area (Å²) >= 11 is 5.86. The molecule has 2 rings (SSSR count). The largest absolute Gasteiger partial charge is 0.398 e. The molecule has 1 aromatic rings. The molecule has 0 atom stereocenters. The van der Waals surface area contributed by atoms with E-state index in [2.05, 4.69) is 10.2 Å². The second kappa shape index (κ2) is 5.38. The molecule has 1 amide bonds. The molecule has 0 aromatic heterocycles. The van der Waals surface area contributed by atoms with Crippen molar-refractivity contribution in [3.63, 3.8) is 0 Å². The fraction of sp³-hybridized carbons (Fsp3) is 0.417. The van der Waals surface area contributed by atoms with E-state index >= 15 is 0 Å². The maximum Gasteiger partial charge on any atom is 0.221 e. The highest BCUT2D eigenvalue weighted by atomic mass is 35.5. The predicted molar refractivity (Wildman–Crippen MR) is 68.8 cm³/mol. The molecular weight excluding hydrogens is 238 g/mol. The van der Waals surface area contributed by atoms with Gasteiger partial charge in [0.25, 0.3) is 0 Å². The number of halogens is 1. The van der Waals surface area contributed by atoms with Crippen molar-refractivity contribution in [2.45, 2.75) is 13.0 Å². The number of benzene rings is 1. The molecule has 1 aliphatic heterocycles. The molecule has 1 fully saturated rings. The Hall–Kier alpha value is -1.26. The van der Waals surface area contributed by atoms with Gasteiger partial charge in [0.05, 0.1) is 0 Å². The van der Waals surface area contributed by atoms with E-state index in [1.807, 2.05) is 12.1 Å². The van der Waals surface area contributed by atoms with Gasteiger partial charge in [-0.05, 0) is 17.7 Å². The molecular formula is C12H16ClN3O. The molecule has 1 heterocycles. The first-order valence-electron chi connectivity index (χ1n) is 5.68. The number of nitrogens with two attached hydrogens (primary N) is 1. The van der Waals surface area contributed by atoms with E-state index in [0.29, 0.717) is 23.7 Å². The first kappa shape index (κ1) is 12.2. The van der Waals surface area contributed by atoms with Gasteiger partial charge in [0.2, 0.25) is 5.91 Å². The van der Waals surface area contributed by atoms with E-state index in [-0.39, 0.29) is 5.91 Å². The van der Waals surface area contributed by atoms with Crippen LogP contribution in [0.15, 0.2) is 18.2 Å². The van der Waals surface area contributed by atoms with E-state index in [1.54, 1.807) is 6.07 Å². The summed E-state index contributed by atoms with van der Waals surface area (Å²) in [6.45, 7) is 3.09. The number of nitrogen functional groups attached to an aromatic ring is 1. The monoisotopic (exact) mass is 253 g/mol. The molecule has 1 aromatic carbocycles. The Kier molecular flexibility index (Phi) is 3.86. The molecule has 0 aliphatic carbocycles. The van der Waals surface area contributed by atoms with Gasteiger partial charge < -0.3 is 11.1 Å². The van der Waals surface area contributed by atoms with Crippen LogP contribution in [0, 0.1) is 0 Å².